The van der Waals surface area contributed by atoms with Gasteiger partial charge in [-0.1, -0.05) is 26.0 Å². The molecule has 0 aliphatic carbocycles. The van der Waals surface area contributed by atoms with Crippen LogP contribution < -0.4 is 9.46 Å². The van der Waals surface area contributed by atoms with Gasteiger partial charge in [0.1, 0.15) is 0 Å². The van der Waals surface area contributed by atoms with Crippen LogP contribution in [0, 0.1) is 5.92 Å². The Morgan fingerprint density at radius 1 is 0.886 bits per heavy atom. The summed E-state index contributed by atoms with van der Waals surface area (Å²) in [6, 6.07) is 8.87. The number of nitrogens with one attached hydrogen (secondary N) is 1. The maximum absolute atomic E-state index is 13.1. The van der Waals surface area contributed by atoms with Gasteiger partial charge in [-0.25, -0.2) is 8.42 Å². The molecule has 0 amide bonds. The van der Waals surface area contributed by atoms with Gasteiger partial charge in [0, 0.05) is 17.3 Å². The molecule has 0 aliphatic heterocycles. The van der Waals surface area contributed by atoms with Gasteiger partial charge in [-0.05, 0) is 42.3 Å². The van der Waals surface area contributed by atoms with E-state index in [1.54, 1.807) is 18.2 Å². The van der Waals surface area contributed by atoms with Crippen molar-refractivity contribution in [1.82, 2.24) is 10.2 Å². The molecule has 188 valence electrons. The minimum absolute atomic E-state index is 0.101. The van der Waals surface area contributed by atoms with E-state index in [1.165, 1.54) is 18.2 Å². The largest absolute Gasteiger partial charge is 0.476 e. The molecule has 35 heavy (non-hydrogen) atoms. The molecule has 0 atom stereocenters. The van der Waals surface area contributed by atoms with E-state index in [1.807, 2.05) is 18.6 Å². The first kappa shape index (κ1) is 26.3. The maximum Gasteiger partial charge on any atom is 0.416 e. The third-order valence-electron chi connectivity index (χ3n) is 4.49. The lowest BCUT2D eigenvalue weighted by Gasteiger charge is -2.15. The summed E-state index contributed by atoms with van der Waals surface area (Å²) in [5.41, 5.74) is -2.85. The average molecular weight is 519 g/mol. The van der Waals surface area contributed by atoms with E-state index in [-0.39, 0.29) is 35.7 Å². The molecule has 0 spiro atoms. The molecule has 1 heterocycles. The molecule has 0 unspecified atom stereocenters. The van der Waals surface area contributed by atoms with E-state index in [9.17, 15) is 34.8 Å². The fourth-order valence-corrected chi connectivity index (χ4v) is 3.96. The number of anilines is 1. The molecular formula is C22H19F6N3O3S. The van der Waals surface area contributed by atoms with Crippen LogP contribution in [0.4, 0.5) is 32.0 Å². The minimum Gasteiger partial charge on any atom is -0.476 e. The van der Waals surface area contributed by atoms with Crippen LogP contribution in [0.3, 0.4) is 0 Å². The highest BCUT2D eigenvalue weighted by Crippen LogP contribution is 2.37. The first-order valence-electron chi connectivity index (χ1n) is 10.0. The van der Waals surface area contributed by atoms with Gasteiger partial charge < -0.3 is 4.74 Å². The van der Waals surface area contributed by atoms with Gasteiger partial charge in [-0.2, -0.15) is 26.3 Å². The number of alkyl halides is 6. The SMILES string of the molecule is CC(C)COc1ccc(-c2cccc(NS(=O)(=O)c3cc(C(F)(F)F)cc(C(F)(F)F)c3)c2)nn1. The lowest BCUT2D eigenvalue weighted by molar-refractivity contribution is -0.143. The monoisotopic (exact) mass is 519 g/mol. The van der Waals surface area contributed by atoms with E-state index in [2.05, 4.69) is 10.2 Å². The number of halogens is 6. The molecule has 0 radical (unpaired) electrons. The van der Waals surface area contributed by atoms with Crippen LogP contribution in [-0.4, -0.2) is 25.2 Å². The Morgan fingerprint density at radius 3 is 2.03 bits per heavy atom. The number of sulfonamides is 1. The van der Waals surface area contributed by atoms with Crippen LogP contribution >= 0.6 is 0 Å². The zero-order valence-electron chi connectivity index (χ0n) is 18.3. The Kier molecular flexibility index (Phi) is 7.29. The summed E-state index contributed by atoms with van der Waals surface area (Å²) >= 11 is 0. The fourth-order valence-electron chi connectivity index (χ4n) is 2.84. The third kappa shape index (κ3) is 6.84. The van der Waals surface area contributed by atoms with Crippen LogP contribution in [0.5, 0.6) is 5.88 Å². The summed E-state index contributed by atoms with van der Waals surface area (Å²) < 4.78 is 111. The smallest absolute Gasteiger partial charge is 0.416 e. The molecule has 3 rings (SSSR count). The molecule has 0 bridgehead atoms. The van der Waals surface area contributed by atoms with Crippen molar-refractivity contribution in [2.45, 2.75) is 31.1 Å². The van der Waals surface area contributed by atoms with E-state index in [0.29, 0.717) is 17.9 Å². The van der Waals surface area contributed by atoms with Crippen molar-refractivity contribution < 1.29 is 39.5 Å². The van der Waals surface area contributed by atoms with Gasteiger partial charge in [0.25, 0.3) is 10.0 Å². The number of ether oxygens (including phenoxy) is 1. The van der Waals surface area contributed by atoms with Crippen molar-refractivity contribution in [2.75, 3.05) is 11.3 Å². The highest BCUT2D eigenvalue weighted by Gasteiger charge is 2.38. The predicted molar refractivity (Wildman–Crippen MR) is 115 cm³/mol. The lowest BCUT2D eigenvalue weighted by Crippen LogP contribution is -2.17. The van der Waals surface area contributed by atoms with E-state index < -0.39 is 38.4 Å². The second-order valence-electron chi connectivity index (χ2n) is 7.89. The number of nitrogens with zero attached hydrogens (tertiary/aromatic N) is 2. The van der Waals surface area contributed by atoms with Crippen molar-refractivity contribution in [3.8, 4) is 17.1 Å². The Balaban J connectivity index is 1.90. The van der Waals surface area contributed by atoms with Crippen LogP contribution in [0.1, 0.15) is 25.0 Å². The van der Waals surface area contributed by atoms with Crippen molar-refractivity contribution >= 4 is 15.7 Å². The molecule has 0 aliphatic rings. The highest BCUT2D eigenvalue weighted by atomic mass is 32.2. The van der Waals surface area contributed by atoms with Crippen molar-refractivity contribution in [1.29, 1.82) is 0 Å². The average Bonchev–Trinajstić information content (AvgIpc) is 2.76. The van der Waals surface area contributed by atoms with Crippen molar-refractivity contribution in [3.63, 3.8) is 0 Å². The van der Waals surface area contributed by atoms with Crippen LogP contribution in [0.15, 0.2) is 59.5 Å². The van der Waals surface area contributed by atoms with Gasteiger partial charge in [0.2, 0.25) is 5.88 Å². The molecule has 2 aromatic carbocycles. The van der Waals surface area contributed by atoms with Crippen LogP contribution in [0.25, 0.3) is 11.3 Å². The first-order chi connectivity index (χ1) is 16.1. The number of aromatic nitrogens is 2. The molecule has 1 aromatic heterocycles. The van der Waals surface area contributed by atoms with Gasteiger partial charge in [0.15, 0.2) is 0 Å². The Labute approximate surface area is 197 Å². The molecule has 13 heteroatoms. The summed E-state index contributed by atoms with van der Waals surface area (Å²) in [5, 5.41) is 7.92. The standard InChI is InChI=1S/C22H19F6N3O3S/c1-13(2)12-34-20-7-6-19(29-30-20)14-4-3-5-17(8-14)31-35(32,33)18-10-15(21(23,24)25)9-16(11-18)22(26,27)28/h3-11,13,31H,12H2,1-2H3. The minimum atomic E-state index is -5.19. The maximum atomic E-state index is 13.1. The van der Waals surface area contributed by atoms with Gasteiger partial charge in [0.05, 0.1) is 28.3 Å². The first-order valence-corrected chi connectivity index (χ1v) is 11.5. The number of benzene rings is 2. The zero-order valence-corrected chi connectivity index (χ0v) is 19.1. The van der Waals surface area contributed by atoms with Gasteiger partial charge in [-0.15, -0.1) is 10.2 Å². The summed E-state index contributed by atoms with van der Waals surface area (Å²) in [6.07, 6.45) is -10.4. The van der Waals surface area contributed by atoms with Crippen LogP contribution in [0.2, 0.25) is 0 Å². The quantitative estimate of drug-likeness (QED) is 0.387. The van der Waals surface area contributed by atoms with E-state index in [4.69, 9.17) is 4.74 Å². The van der Waals surface area contributed by atoms with Crippen LogP contribution in [-0.2, 0) is 22.4 Å². The predicted octanol–water partition coefficient (Wildman–Crippen LogP) is 6.02. The Bertz CT molecular complexity index is 1260. The summed E-state index contributed by atoms with van der Waals surface area (Å²) in [6.45, 7) is 4.34. The van der Waals surface area contributed by atoms with Gasteiger partial charge in [-0.3, -0.25) is 4.72 Å². The second kappa shape index (κ2) is 9.72. The Hall–Kier alpha value is -3.35. The van der Waals surface area contributed by atoms with Crippen molar-refractivity contribution in [2.24, 2.45) is 5.92 Å². The third-order valence-corrected chi connectivity index (χ3v) is 5.85. The topological polar surface area (TPSA) is 81.2 Å². The van der Waals surface area contributed by atoms with Crippen molar-refractivity contribution in [3.05, 3.63) is 65.7 Å². The summed E-state index contributed by atoms with van der Waals surface area (Å²) in [4.78, 5) is -1.18. The molecule has 3 aromatic rings. The number of hydrogen-bond acceptors (Lipinski definition) is 5. The highest BCUT2D eigenvalue weighted by molar-refractivity contribution is 7.92. The molecule has 0 saturated heterocycles. The van der Waals surface area contributed by atoms with Gasteiger partial charge >= 0.3 is 12.4 Å². The summed E-state index contributed by atoms with van der Waals surface area (Å²) in [7, 11) is -4.81. The molecule has 0 fully saturated rings. The van der Waals surface area contributed by atoms with E-state index >= 15 is 0 Å². The second-order valence-corrected chi connectivity index (χ2v) is 9.57. The molecular weight excluding hydrogens is 500 g/mol. The Morgan fingerprint density at radius 2 is 1.51 bits per heavy atom. The molecule has 0 saturated carbocycles. The summed E-state index contributed by atoms with van der Waals surface area (Å²) in [5.74, 6) is 0.551. The lowest BCUT2D eigenvalue weighted by atomic mass is 10.1. The zero-order chi connectivity index (χ0) is 26.0. The number of hydrogen-bond donors (Lipinski definition) is 1. The van der Waals surface area contributed by atoms with E-state index in [0.717, 1.165) is 0 Å². The molecule has 6 nitrogen and oxygen atoms in total. The number of rotatable bonds is 7. The molecule has 1 N–H and O–H groups in total. The fraction of sp³-hybridized carbons (Fsp3) is 0.273. The normalized spacial score (nSPS) is 12.6.